The third-order valence-corrected chi connectivity index (χ3v) is 2.30. The monoisotopic (exact) mass is 162 g/mol. The van der Waals surface area contributed by atoms with Gasteiger partial charge in [0.05, 0.1) is 6.61 Å². The molecule has 10 heavy (non-hydrogen) atoms. The Balaban J connectivity index is 2.17. The Morgan fingerprint density at radius 3 is 3.10 bits per heavy atom. The van der Waals surface area contributed by atoms with Crippen LogP contribution in [0.3, 0.4) is 0 Å². The van der Waals surface area contributed by atoms with Crippen molar-refractivity contribution in [1.29, 1.82) is 0 Å². The van der Waals surface area contributed by atoms with Crippen molar-refractivity contribution in [3.05, 3.63) is 12.0 Å². The van der Waals surface area contributed by atoms with Gasteiger partial charge < -0.3 is 14.0 Å². The molecular weight excluding hydrogens is 152 g/mol. The van der Waals surface area contributed by atoms with Crippen LogP contribution in [-0.4, -0.2) is 29.8 Å². The van der Waals surface area contributed by atoms with E-state index in [4.69, 9.17) is 9.47 Å². The Kier molecular flexibility index (Phi) is 3.21. The van der Waals surface area contributed by atoms with Gasteiger partial charge in [0.15, 0.2) is 0 Å². The molecule has 0 aromatic heterocycles. The summed E-state index contributed by atoms with van der Waals surface area (Å²) in [6, 6.07) is 0. The highest BCUT2D eigenvalue weighted by atomic mass is 32.2. The quantitative estimate of drug-likeness (QED) is 0.559. The van der Waals surface area contributed by atoms with Gasteiger partial charge in [0, 0.05) is 0 Å². The van der Waals surface area contributed by atoms with Crippen molar-refractivity contribution in [3.63, 3.8) is 0 Å². The van der Waals surface area contributed by atoms with E-state index in [1.165, 1.54) is 5.41 Å². The molecule has 0 aromatic rings. The summed E-state index contributed by atoms with van der Waals surface area (Å²) in [5.41, 5.74) is 0. The van der Waals surface area contributed by atoms with Gasteiger partial charge in [0.25, 0.3) is 0 Å². The zero-order valence-electron chi connectivity index (χ0n) is 5.62. The normalized spacial score (nSPS) is 28.3. The van der Waals surface area contributed by atoms with Crippen molar-refractivity contribution in [3.8, 4) is 0 Å². The molecular formula is C6H10O3S. The summed E-state index contributed by atoms with van der Waals surface area (Å²) in [5.74, 6) is 0.503. The molecule has 0 aliphatic carbocycles. The van der Waals surface area contributed by atoms with Crippen molar-refractivity contribution < 1.29 is 14.0 Å². The molecule has 1 aliphatic rings. The first-order valence-electron chi connectivity index (χ1n) is 3.02. The second-order valence-electron chi connectivity index (χ2n) is 1.99. The summed E-state index contributed by atoms with van der Waals surface area (Å²) >= 11 is -0.958. The minimum Gasteiger partial charge on any atom is -0.612 e. The summed E-state index contributed by atoms with van der Waals surface area (Å²) in [5, 5.41) is 1.42. The SMILES string of the molecule is C=C[S+]([O-])CC1COCO1. The number of hydrogen-bond donors (Lipinski definition) is 0. The van der Waals surface area contributed by atoms with Gasteiger partial charge in [0.2, 0.25) is 0 Å². The molecule has 0 amide bonds. The lowest BCUT2D eigenvalue weighted by Gasteiger charge is -2.08. The van der Waals surface area contributed by atoms with E-state index in [2.05, 4.69) is 6.58 Å². The van der Waals surface area contributed by atoms with Crippen LogP contribution >= 0.6 is 0 Å². The summed E-state index contributed by atoms with van der Waals surface area (Å²) in [6.45, 7) is 4.29. The van der Waals surface area contributed by atoms with Crippen LogP contribution in [0.25, 0.3) is 0 Å². The largest absolute Gasteiger partial charge is 0.612 e. The predicted octanol–water partition coefficient (Wildman–Crippen LogP) is 0.251. The highest BCUT2D eigenvalue weighted by Gasteiger charge is 2.20. The lowest BCUT2D eigenvalue weighted by molar-refractivity contribution is 0.0521. The molecule has 0 radical (unpaired) electrons. The number of rotatable bonds is 3. The average molecular weight is 162 g/mol. The van der Waals surface area contributed by atoms with Gasteiger partial charge in [-0.1, -0.05) is 6.58 Å². The van der Waals surface area contributed by atoms with E-state index in [1.807, 2.05) is 0 Å². The predicted molar refractivity (Wildman–Crippen MR) is 38.9 cm³/mol. The van der Waals surface area contributed by atoms with Crippen molar-refractivity contribution in [2.24, 2.45) is 0 Å². The highest BCUT2D eigenvalue weighted by Crippen LogP contribution is 2.06. The van der Waals surface area contributed by atoms with Crippen molar-refractivity contribution in [2.45, 2.75) is 6.10 Å². The summed E-state index contributed by atoms with van der Waals surface area (Å²) < 4.78 is 20.8. The molecule has 2 unspecified atom stereocenters. The zero-order chi connectivity index (χ0) is 7.40. The maximum absolute atomic E-state index is 10.8. The molecule has 0 spiro atoms. The first-order chi connectivity index (χ1) is 4.83. The van der Waals surface area contributed by atoms with Crippen LogP contribution in [-0.2, 0) is 20.6 Å². The standard InChI is InChI=1S/C6H10O3S/c1-2-10(7)4-6-3-8-5-9-6/h2,6H,1,3-5H2. The smallest absolute Gasteiger partial charge is 0.147 e. The molecule has 2 atom stereocenters. The van der Waals surface area contributed by atoms with Gasteiger partial charge in [-0.2, -0.15) is 0 Å². The molecule has 1 rings (SSSR count). The zero-order valence-corrected chi connectivity index (χ0v) is 6.43. The first-order valence-corrected chi connectivity index (χ1v) is 4.40. The van der Waals surface area contributed by atoms with Crippen LogP contribution in [0, 0.1) is 0 Å². The average Bonchev–Trinajstić information content (AvgIpc) is 2.40. The van der Waals surface area contributed by atoms with Gasteiger partial charge in [-0.05, 0) is 11.2 Å². The molecule has 1 aliphatic heterocycles. The molecule has 0 bridgehead atoms. The van der Waals surface area contributed by atoms with Gasteiger partial charge in [-0.25, -0.2) is 0 Å². The van der Waals surface area contributed by atoms with Crippen molar-refractivity contribution in [2.75, 3.05) is 19.2 Å². The summed E-state index contributed by atoms with van der Waals surface area (Å²) in [7, 11) is 0. The first kappa shape index (κ1) is 8.07. The van der Waals surface area contributed by atoms with Gasteiger partial charge in [-0.15, -0.1) is 0 Å². The Labute approximate surface area is 63.2 Å². The molecule has 1 heterocycles. The third-order valence-electron chi connectivity index (χ3n) is 1.23. The number of hydrogen-bond acceptors (Lipinski definition) is 3. The lowest BCUT2D eigenvalue weighted by Crippen LogP contribution is -2.20. The van der Waals surface area contributed by atoms with Crippen LogP contribution in [0.2, 0.25) is 0 Å². The van der Waals surface area contributed by atoms with Crippen molar-refractivity contribution in [1.82, 2.24) is 0 Å². The Morgan fingerprint density at radius 1 is 1.80 bits per heavy atom. The minimum atomic E-state index is -0.958. The molecule has 0 aromatic carbocycles. The molecule has 4 heteroatoms. The maximum atomic E-state index is 10.8. The fraction of sp³-hybridized carbons (Fsp3) is 0.667. The van der Waals surface area contributed by atoms with E-state index in [0.717, 1.165) is 0 Å². The van der Waals surface area contributed by atoms with Crippen LogP contribution in [0.4, 0.5) is 0 Å². The molecule has 0 saturated carbocycles. The minimum absolute atomic E-state index is 0.00108. The van der Waals surface area contributed by atoms with Crippen LogP contribution in [0.5, 0.6) is 0 Å². The van der Waals surface area contributed by atoms with E-state index in [0.29, 0.717) is 19.2 Å². The second kappa shape index (κ2) is 3.98. The fourth-order valence-corrected chi connectivity index (χ4v) is 1.41. The second-order valence-corrected chi connectivity index (χ2v) is 3.42. The topological polar surface area (TPSA) is 41.5 Å². The van der Waals surface area contributed by atoms with Gasteiger partial charge in [0.1, 0.15) is 24.1 Å². The summed E-state index contributed by atoms with van der Waals surface area (Å²) in [6.07, 6.45) is -0.00108. The highest BCUT2D eigenvalue weighted by molar-refractivity contribution is 7.94. The Hall–Kier alpha value is -0.0300. The number of ether oxygens (including phenoxy) is 2. The van der Waals surface area contributed by atoms with E-state index in [9.17, 15) is 4.55 Å². The lowest BCUT2D eigenvalue weighted by atomic mass is 10.4. The van der Waals surface area contributed by atoms with E-state index in [-0.39, 0.29) is 6.10 Å². The van der Waals surface area contributed by atoms with Gasteiger partial charge >= 0.3 is 0 Å². The van der Waals surface area contributed by atoms with E-state index < -0.39 is 11.2 Å². The van der Waals surface area contributed by atoms with Crippen LogP contribution in [0.15, 0.2) is 12.0 Å². The Morgan fingerprint density at radius 2 is 2.60 bits per heavy atom. The molecule has 58 valence electrons. The van der Waals surface area contributed by atoms with Crippen LogP contribution in [0.1, 0.15) is 0 Å². The van der Waals surface area contributed by atoms with Crippen molar-refractivity contribution >= 4 is 11.2 Å². The molecule has 0 N–H and O–H groups in total. The van der Waals surface area contributed by atoms with Crippen LogP contribution < -0.4 is 0 Å². The maximum Gasteiger partial charge on any atom is 0.147 e. The van der Waals surface area contributed by atoms with E-state index >= 15 is 0 Å². The molecule has 1 fully saturated rings. The van der Waals surface area contributed by atoms with E-state index in [1.54, 1.807) is 0 Å². The molecule has 3 nitrogen and oxygen atoms in total. The third kappa shape index (κ3) is 2.30. The fourth-order valence-electron chi connectivity index (χ4n) is 0.719. The van der Waals surface area contributed by atoms with Gasteiger partial charge in [-0.3, -0.25) is 0 Å². The Bertz CT molecular complexity index is 112. The summed E-state index contributed by atoms with van der Waals surface area (Å²) in [4.78, 5) is 0. The molecule has 1 saturated heterocycles.